The summed E-state index contributed by atoms with van der Waals surface area (Å²) in [6.45, 7) is 0.924. The average molecular weight is 378 g/mol. The summed E-state index contributed by atoms with van der Waals surface area (Å²) >= 11 is 0. The van der Waals surface area contributed by atoms with Crippen molar-refractivity contribution in [1.82, 2.24) is 10.4 Å². The molecule has 1 fully saturated rings. The van der Waals surface area contributed by atoms with Crippen molar-refractivity contribution in [2.75, 3.05) is 24.7 Å². The minimum atomic E-state index is -3.82. The molecule has 1 rings (SSSR count). The second-order valence-electron chi connectivity index (χ2n) is 4.97. The first-order valence-corrected chi connectivity index (χ1v) is 9.16. The van der Waals surface area contributed by atoms with Crippen molar-refractivity contribution in [3.63, 3.8) is 0 Å². The number of hydrogen-bond acceptors (Lipinski definition) is 9. The van der Waals surface area contributed by atoms with E-state index < -0.39 is 64.0 Å². The van der Waals surface area contributed by atoms with Crippen LogP contribution in [-0.2, 0) is 43.4 Å². The van der Waals surface area contributed by atoms with Gasteiger partial charge < -0.3 is 14.9 Å². The van der Waals surface area contributed by atoms with Gasteiger partial charge in [0, 0.05) is 19.3 Å². The Morgan fingerprint density at radius 1 is 1.12 bits per heavy atom. The molecule has 140 valence electrons. The Hall–Kier alpha value is -2.50. The fourth-order valence-electron chi connectivity index (χ4n) is 1.75. The predicted molar refractivity (Wildman–Crippen MR) is 80.1 cm³/mol. The first-order valence-electron chi connectivity index (χ1n) is 7.34. The summed E-state index contributed by atoms with van der Waals surface area (Å²) in [5.74, 6) is -5.49. The van der Waals surface area contributed by atoms with E-state index in [0.717, 1.165) is 0 Å². The van der Waals surface area contributed by atoms with Gasteiger partial charge in [-0.1, -0.05) is 0 Å². The number of rotatable bonds is 9. The van der Waals surface area contributed by atoms with Crippen molar-refractivity contribution in [2.24, 2.45) is 0 Å². The molecule has 1 saturated heterocycles. The first kappa shape index (κ1) is 20.5. The summed E-state index contributed by atoms with van der Waals surface area (Å²) in [7, 11) is -3.82. The number of carbonyl (C=O) groups is 5. The van der Waals surface area contributed by atoms with E-state index in [0.29, 0.717) is 5.06 Å². The molecule has 1 N–H and O–H groups in total. The van der Waals surface area contributed by atoms with Gasteiger partial charge in [-0.3, -0.25) is 19.2 Å². The van der Waals surface area contributed by atoms with Crippen molar-refractivity contribution < 1.29 is 42.0 Å². The average Bonchev–Trinajstić information content (AvgIpc) is 2.82. The van der Waals surface area contributed by atoms with E-state index in [1.807, 2.05) is 0 Å². The fourth-order valence-corrected chi connectivity index (χ4v) is 2.84. The van der Waals surface area contributed by atoms with Crippen LogP contribution in [0.3, 0.4) is 0 Å². The molecule has 1 aliphatic heterocycles. The molecule has 0 unspecified atom stereocenters. The maximum atomic E-state index is 11.6. The minimum absolute atomic E-state index is 0.0406. The molecule has 0 bridgehead atoms. The van der Waals surface area contributed by atoms with Gasteiger partial charge in [0.15, 0.2) is 9.84 Å². The van der Waals surface area contributed by atoms with E-state index in [2.05, 4.69) is 14.9 Å². The molecule has 11 nitrogen and oxygen atoms in total. The largest absolute Gasteiger partial charge is 0.465 e. The summed E-state index contributed by atoms with van der Waals surface area (Å²) in [5.41, 5.74) is 0. The number of hydroxylamine groups is 2. The number of ether oxygens (including phenoxy) is 1. The van der Waals surface area contributed by atoms with Crippen molar-refractivity contribution in [3.8, 4) is 0 Å². The van der Waals surface area contributed by atoms with Crippen LogP contribution in [0.5, 0.6) is 0 Å². The summed E-state index contributed by atoms with van der Waals surface area (Å²) in [6, 6.07) is 0. The van der Waals surface area contributed by atoms with Crippen LogP contribution in [0, 0.1) is 0 Å². The number of imide groups is 1. The number of sulfone groups is 1. The monoisotopic (exact) mass is 378 g/mol. The van der Waals surface area contributed by atoms with Crippen LogP contribution in [-0.4, -0.2) is 67.8 Å². The summed E-state index contributed by atoms with van der Waals surface area (Å²) in [6.07, 6.45) is -0.593. The van der Waals surface area contributed by atoms with E-state index in [1.54, 1.807) is 0 Å². The van der Waals surface area contributed by atoms with Gasteiger partial charge in [-0.15, -0.1) is 5.06 Å². The number of esters is 1. The summed E-state index contributed by atoms with van der Waals surface area (Å²) < 4.78 is 27.7. The lowest BCUT2D eigenvalue weighted by Gasteiger charge is -2.12. The smallest absolute Gasteiger partial charge is 0.352 e. The third kappa shape index (κ3) is 7.28. The molecule has 0 atom stereocenters. The first-order chi connectivity index (χ1) is 11.6. The number of nitrogens with one attached hydrogen (secondary N) is 1. The lowest BCUT2D eigenvalue weighted by molar-refractivity contribution is -0.196. The number of nitrogens with zero attached hydrogens (tertiary/aromatic N) is 1. The molecule has 0 aromatic carbocycles. The maximum absolute atomic E-state index is 11.6. The van der Waals surface area contributed by atoms with E-state index in [4.69, 9.17) is 0 Å². The van der Waals surface area contributed by atoms with Gasteiger partial charge in [-0.25, -0.2) is 13.2 Å². The van der Waals surface area contributed by atoms with Crippen LogP contribution >= 0.6 is 0 Å². The van der Waals surface area contributed by atoms with Gasteiger partial charge >= 0.3 is 11.9 Å². The Balaban J connectivity index is 2.32. The van der Waals surface area contributed by atoms with Crippen LogP contribution in [0.15, 0.2) is 0 Å². The molecule has 0 aromatic heterocycles. The molecule has 12 heteroatoms. The van der Waals surface area contributed by atoms with Gasteiger partial charge in [0.2, 0.25) is 5.91 Å². The van der Waals surface area contributed by atoms with Crippen molar-refractivity contribution in [3.05, 3.63) is 0 Å². The molecule has 25 heavy (non-hydrogen) atoms. The highest BCUT2D eigenvalue weighted by atomic mass is 32.2. The quantitative estimate of drug-likeness (QED) is 0.357. The lowest BCUT2D eigenvalue weighted by atomic mass is 10.4. The molecule has 3 amide bonds. The topological polar surface area (TPSA) is 153 Å². The highest BCUT2D eigenvalue weighted by molar-refractivity contribution is 7.92. The predicted octanol–water partition coefficient (Wildman–Crippen LogP) is -1.92. The molecular formula is C13H18N2O9S. The van der Waals surface area contributed by atoms with Gasteiger partial charge in [-0.2, -0.15) is 0 Å². The Morgan fingerprint density at radius 2 is 1.72 bits per heavy atom. The third-order valence-corrected chi connectivity index (χ3v) is 4.41. The standard InChI is InChI=1S/C13H18N2O9S/c1-2-23-13(20)8-25(21,22)6-5-9(16)14-7-12(19)24-15-10(17)3-4-11(15)18/h2-8H2,1H3,(H,14,16). The molecule has 0 radical (unpaired) electrons. The van der Waals surface area contributed by atoms with E-state index >= 15 is 0 Å². The highest BCUT2D eigenvalue weighted by Crippen LogP contribution is 2.11. The van der Waals surface area contributed by atoms with Crippen LogP contribution < -0.4 is 5.32 Å². The molecule has 0 saturated carbocycles. The summed E-state index contributed by atoms with van der Waals surface area (Å²) in [5, 5.41) is 2.43. The zero-order chi connectivity index (χ0) is 19.0. The fraction of sp³-hybridized carbons (Fsp3) is 0.615. The molecular weight excluding hydrogens is 360 g/mol. The van der Waals surface area contributed by atoms with E-state index in [-0.39, 0.29) is 19.4 Å². The zero-order valence-corrected chi connectivity index (χ0v) is 14.3. The molecule has 1 heterocycles. The number of hydrogen-bond donors (Lipinski definition) is 1. The minimum Gasteiger partial charge on any atom is -0.465 e. The number of carbonyl (C=O) groups excluding carboxylic acids is 5. The molecule has 1 aliphatic rings. The molecule has 0 aromatic rings. The van der Waals surface area contributed by atoms with Gasteiger partial charge in [0.05, 0.1) is 12.4 Å². The van der Waals surface area contributed by atoms with Crippen LogP contribution in [0.4, 0.5) is 0 Å². The second kappa shape index (κ2) is 9.11. The SMILES string of the molecule is CCOC(=O)CS(=O)(=O)CCC(=O)NCC(=O)ON1C(=O)CCC1=O. The Morgan fingerprint density at radius 3 is 2.28 bits per heavy atom. The van der Waals surface area contributed by atoms with Crippen LogP contribution in [0.2, 0.25) is 0 Å². The van der Waals surface area contributed by atoms with E-state index in [9.17, 15) is 32.4 Å². The Kier molecular flexibility index (Phi) is 7.48. The van der Waals surface area contributed by atoms with Gasteiger partial charge in [0.25, 0.3) is 11.8 Å². The summed E-state index contributed by atoms with van der Waals surface area (Å²) in [4.78, 5) is 61.1. The van der Waals surface area contributed by atoms with Crippen molar-refractivity contribution in [1.29, 1.82) is 0 Å². The van der Waals surface area contributed by atoms with Gasteiger partial charge in [0.1, 0.15) is 12.3 Å². The Bertz CT molecular complexity index is 655. The van der Waals surface area contributed by atoms with E-state index in [1.165, 1.54) is 6.92 Å². The van der Waals surface area contributed by atoms with Gasteiger partial charge in [-0.05, 0) is 6.92 Å². The van der Waals surface area contributed by atoms with Crippen LogP contribution in [0.1, 0.15) is 26.2 Å². The Labute approximate surface area is 143 Å². The van der Waals surface area contributed by atoms with Crippen LogP contribution in [0.25, 0.3) is 0 Å². The lowest BCUT2D eigenvalue weighted by Crippen LogP contribution is -2.38. The molecule has 0 aliphatic carbocycles. The van der Waals surface area contributed by atoms with Crippen molar-refractivity contribution >= 4 is 39.5 Å². The second-order valence-corrected chi connectivity index (χ2v) is 7.15. The number of amides is 3. The zero-order valence-electron chi connectivity index (χ0n) is 13.5. The third-order valence-electron chi connectivity index (χ3n) is 2.91. The van der Waals surface area contributed by atoms with Crippen molar-refractivity contribution in [2.45, 2.75) is 26.2 Å². The molecule has 0 spiro atoms. The highest BCUT2D eigenvalue weighted by Gasteiger charge is 2.32. The maximum Gasteiger partial charge on any atom is 0.352 e. The normalized spacial score (nSPS) is 14.4.